The van der Waals surface area contributed by atoms with Crippen molar-refractivity contribution in [1.29, 1.82) is 0 Å². The first-order chi connectivity index (χ1) is 9.66. The zero-order valence-electron chi connectivity index (χ0n) is 11.2. The van der Waals surface area contributed by atoms with E-state index >= 15 is 0 Å². The lowest BCUT2D eigenvalue weighted by atomic mass is 9.89. The number of halogens is 1. The number of amides is 1. The molecule has 3 nitrogen and oxygen atoms in total. The summed E-state index contributed by atoms with van der Waals surface area (Å²) in [4.78, 5) is 15.6. The molecule has 0 bridgehead atoms. The Labute approximate surface area is 133 Å². The van der Waals surface area contributed by atoms with Crippen molar-refractivity contribution in [3.63, 3.8) is 0 Å². The molecule has 1 amide bonds. The molecule has 2 aliphatic rings. The van der Waals surface area contributed by atoms with E-state index in [4.69, 9.17) is 4.74 Å². The van der Waals surface area contributed by atoms with Gasteiger partial charge in [-0.2, -0.15) is 0 Å². The van der Waals surface area contributed by atoms with E-state index < -0.39 is 0 Å². The number of carbonyl (C=O) groups excluding carboxylic acids is 1. The summed E-state index contributed by atoms with van der Waals surface area (Å²) in [5, 5.41) is 0. The number of morpholine rings is 1. The fraction of sp³-hybridized carbons (Fsp3) is 0.533. The van der Waals surface area contributed by atoms with Crippen LogP contribution in [0.1, 0.15) is 36.0 Å². The maximum absolute atomic E-state index is 12.8. The fourth-order valence-electron chi connectivity index (χ4n) is 3.18. The predicted octanol–water partition coefficient (Wildman–Crippen LogP) is 3.52. The molecule has 1 aromatic carbocycles. The molecule has 1 aliphatic heterocycles. The van der Waals surface area contributed by atoms with Crippen molar-refractivity contribution in [1.82, 2.24) is 4.90 Å². The molecule has 2 unspecified atom stereocenters. The van der Waals surface area contributed by atoms with Crippen molar-refractivity contribution in [2.75, 3.05) is 13.2 Å². The van der Waals surface area contributed by atoms with Crippen LogP contribution in [0.25, 0.3) is 0 Å². The van der Waals surface area contributed by atoms with Crippen molar-refractivity contribution >= 4 is 34.5 Å². The molecular weight excluding hydrogens is 338 g/mol. The quantitative estimate of drug-likeness (QED) is 0.781. The van der Waals surface area contributed by atoms with Gasteiger partial charge in [0.05, 0.1) is 24.3 Å². The summed E-state index contributed by atoms with van der Waals surface area (Å²) in [5.41, 5.74) is 0.698. The molecule has 2 atom stereocenters. The Bertz CT molecular complexity index is 521. The molecule has 20 heavy (non-hydrogen) atoms. The Kier molecular flexibility index (Phi) is 4.38. The van der Waals surface area contributed by atoms with Crippen molar-refractivity contribution in [3.8, 4) is 0 Å². The van der Waals surface area contributed by atoms with Gasteiger partial charge in [0, 0.05) is 15.9 Å². The highest BCUT2D eigenvalue weighted by atomic mass is 79.9. The van der Waals surface area contributed by atoms with Gasteiger partial charge in [-0.1, -0.05) is 12.8 Å². The van der Waals surface area contributed by atoms with E-state index in [1.165, 1.54) is 12.8 Å². The number of carbonyl (C=O) groups is 1. The normalized spacial score (nSPS) is 26.2. The van der Waals surface area contributed by atoms with Gasteiger partial charge in [0.1, 0.15) is 0 Å². The van der Waals surface area contributed by atoms with Gasteiger partial charge < -0.3 is 9.64 Å². The second-order valence-electron chi connectivity index (χ2n) is 5.42. The highest BCUT2D eigenvalue weighted by molar-refractivity contribution is 9.10. The van der Waals surface area contributed by atoms with Crippen LogP contribution in [-0.4, -0.2) is 36.1 Å². The summed E-state index contributed by atoms with van der Waals surface area (Å²) >= 11 is 7.81. The number of fused-ring (bicyclic) bond motifs is 1. The van der Waals surface area contributed by atoms with E-state index in [2.05, 4.69) is 28.6 Å². The van der Waals surface area contributed by atoms with Crippen LogP contribution >= 0.6 is 28.6 Å². The van der Waals surface area contributed by atoms with Crippen LogP contribution in [0.4, 0.5) is 0 Å². The van der Waals surface area contributed by atoms with Gasteiger partial charge in [-0.15, -0.1) is 12.6 Å². The summed E-state index contributed by atoms with van der Waals surface area (Å²) in [7, 11) is 0. The molecule has 3 rings (SSSR count). The summed E-state index contributed by atoms with van der Waals surface area (Å²) in [6.45, 7) is 1.33. The van der Waals surface area contributed by atoms with Gasteiger partial charge >= 0.3 is 0 Å². The number of rotatable bonds is 1. The molecule has 2 fully saturated rings. The molecule has 0 spiro atoms. The largest absolute Gasteiger partial charge is 0.374 e. The molecule has 5 heteroatoms. The van der Waals surface area contributed by atoms with Gasteiger partial charge in [-0.05, 0) is 47.0 Å². The van der Waals surface area contributed by atoms with Gasteiger partial charge in [0.2, 0.25) is 0 Å². The Morgan fingerprint density at radius 2 is 2.15 bits per heavy atom. The Balaban J connectivity index is 1.87. The minimum Gasteiger partial charge on any atom is -0.374 e. The van der Waals surface area contributed by atoms with Crippen LogP contribution in [0.5, 0.6) is 0 Å². The third kappa shape index (κ3) is 2.76. The van der Waals surface area contributed by atoms with Crippen molar-refractivity contribution in [2.45, 2.75) is 42.7 Å². The fourth-order valence-corrected chi connectivity index (χ4v) is 3.80. The molecule has 1 saturated carbocycles. The summed E-state index contributed by atoms with van der Waals surface area (Å²) in [6.07, 6.45) is 4.73. The van der Waals surface area contributed by atoms with Crippen molar-refractivity contribution in [3.05, 3.63) is 28.2 Å². The molecule has 0 N–H and O–H groups in total. The summed E-state index contributed by atoms with van der Waals surface area (Å²) in [5.74, 6) is 0.0907. The zero-order valence-corrected chi connectivity index (χ0v) is 13.7. The van der Waals surface area contributed by atoms with Crippen LogP contribution < -0.4 is 0 Å². The summed E-state index contributed by atoms with van der Waals surface area (Å²) < 4.78 is 6.66. The third-order valence-corrected chi connectivity index (χ3v) is 5.14. The van der Waals surface area contributed by atoms with E-state index in [1.807, 2.05) is 23.1 Å². The van der Waals surface area contributed by atoms with Crippen LogP contribution in [0.15, 0.2) is 27.6 Å². The minimum absolute atomic E-state index is 0.0907. The average molecular weight is 356 g/mol. The van der Waals surface area contributed by atoms with Gasteiger partial charge in [-0.25, -0.2) is 0 Å². The number of hydrogen-bond donors (Lipinski definition) is 1. The first kappa shape index (κ1) is 14.4. The maximum atomic E-state index is 12.8. The Morgan fingerprint density at radius 3 is 3.00 bits per heavy atom. The average Bonchev–Trinajstić information content (AvgIpc) is 2.48. The minimum atomic E-state index is 0.0907. The lowest BCUT2D eigenvalue weighted by molar-refractivity contribution is -0.0753. The number of ether oxygens (including phenoxy) is 1. The highest BCUT2D eigenvalue weighted by Gasteiger charge is 2.37. The molecule has 1 aliphatic carbocycles. The van der Waals surface area contributed by atoms with E-state index in [-0.39, 0.29) is 18.1 Å². The highest BCUT2D eigenvalue weighted by Crippen LogP contribution is 2.31. The van der Waals surface area contributed by atoms with Gasteiger partial charge in [0.25, 0.3) is 5.91 Å². The van der Waals surface area contributed by atoms with Crippen LogP contribution in [0.3, 0.4) is 0 Å². The van der Waals surface area contributed by atoms with Gasteiger partial charge in [0.15, 0.2) is 0 Å². The van der Waals surface area contributed by atoms with Crippen molar-refractivity contribution < 1.29 is 9.53 Å². The molecule has 1 heterocycles. The Morgan fingerprint density at radius 1 is 1.35 bits per heavy atom. The topological polar surface area (TPSA) is 29.5 Å². The molecular formula is C15H18BrNO2S. The van der Waals surface area contributed by atoms with Crippen LogP contribution in [0.2, 0.25) is 0 Å². The number of thiol groups is 1. The second kappa shape index (κ2) is 6.08. The van der Waals surface area contributed by atoms with E-state index in [0.29, 0.717) is 18.7 Å². The number of hydrogen-bond acceptors (Lipinski definition) is 3. The first-order valence-electron chi connectivity index (χ1n) is 7.08. The second-order valence-corrected chi connectivity index (χ2v) is 6.79. The molecule has 0 radical (unpaired) electrons. The maximum Gasteiger partial charge on any atom is 0.255 e. The lowest BCUT2D eigenvalue weighted by Gasteiger charge is -2.43. The first-order valence-corrected chi connectivity index (χ1v) is 8.32. The van der Waals surface area contributed by atoms with E-state index in [9.17, 15) is 4.79 Å². The predicted molar refractivity (Wildman–Crippen MR) is 84.4 cm³/mol. The third-order valence-electron chi connectivity index (χ3n) is 4.17. The van der Waals surface area contributed by atoms with E-state index in [1.54, 1.807) is 0 Å². The molecule has 1 aromatic rings. The monoisotopic (exact) mass is 355 g/mol. The smallest absolute Gasteiger partial charge is 0.255 e. The lowest BCUT2D eigenvalue weighted by Crippen LogP contribution is -2.54. The number of nitrogens with zero attached hydrogens (tertiary/aromatic N) is 1. The van der Waals surface area contributed by atoms with E-state index in [0.717, 1.165) is 22.2 Å². The van der Waals surface area contributed by atoms with Crippen LogP contribution in [-0.2, 0) is 4.74 Å². The number of benzene rings is 1. The Hall–Kier alpha value is -0.520. The summed E-state index contributed by atoms with van der Waals surface area (Å²) in [6, 6.07) is 5.84. The van der Waals surface area contributed by atoms with Gasteiger partial charge in [-0.3, -0.25) is 4.79 Å². The van der Waals surface area contributed by atoms with Crippen LogP contribution in [0, 0.1) is 0 Å². The standard InChI is InChI=1S/C15H18BrNO2S/c16-12-6-5-10(20)9-11(12)15(18)17-7-8-19-14-4-2-1-3-13(14)17/h5-6,9,13-14,20H,1-4,7-8H2. The van der Waals surface area contributed by atoms with Crippen molar-refractivity contribution in [2.24, 2.45) is 0 Å². The zero-order chi connectivity index (χ0) is 14.1. The molecule has 108 valence electrons. The molecule has 0 aromatic heterocycles. The molecule has 1 saturated heterocycles. The SMILES string of the molecule is O=C(c1cc(S)ccc1Br)N1CCOC2CCCCC21.